The summed E-state index contributed by atoms with van der Waals surface area (Å²) in [6, 6.07) is 8.97. The van der Waals surface area contributed by atoms with Gasteiger partial charge in [0.25, 0.3) is 5.91 Å². The summed E-state index contributed by atoms with van der Waals surface area (Å²) in [4.78, 5) is 27.2. The quantitative estimate of drug-likeness (QED) is 0.439. The fourth-order valence-corrected chi connectivity index (χ4v) is 3.36. The number of ether oxygens (including phenoxy) is 3. The Bertz CT molecular complexity index is 1000. The molecule has 1 amide bonds. The monoisotopic (exact) mass is 425 g/mol. The maximum atomic E-state index is 13.2. The number of hydrogen-bond acceptors (Lipinski definition) is 6. The molecule has 0 aliphatic carbocycles. The molecule has 0 N–H and O–H groups in total. The van der Waals surface area contributed by atoms with Gasteiger partial charge in [-0.1, -0.05) is 13.0 Å². The van der Waals surface area contributed by atoms with E-state index in [1.165, 1.54) is 12.0 Å². The Labute approximate surface area is 181 Å². The second-order valence-electron chi connectivity index (χ2n) is 6.97. The maximum Gasteiger partial charge on any atom is 0.340 e. The lowest BCUT2D eigenvalue weighted by atomic mass is 10.0. The molecule has 0 fully saturated rings. The molecule has 1 aliphatic heterocycles. The van der Waals surface area contributed by atoms with Crippen molar-refractivity contribution in [2.45, 2.75) is 33.7 Å². The van der Waals surface area contributed by atoms with Gasteiger partial charge in [0.2, 0.25) is 0 Å². The summed E-state index contributed by atoms with van der Waals surface area (Å²) in [5, 5.41) is 0. The topological polar surface area (TPSA) is 78.2 Å². The van der Waals surface area contributed by atoms with E-state index in [-0.39, 0.29) is 23.6 Å². The zero-order chi connectivity index (χ0) is 22.4. The first-order valence-electron chi connectivity index (χ1n) is 10.2. The molecule has 2 heterocycles. The number of esters is 1. The third-order valence-electron chi connectivity index (χ3n) is 4.84. The number of hydrogen-bond donors (Lipinski definition) is 0. The van der Waals surface area contributed by atoms with Gasteiger partial charge in [-0.25, -0.2) is 4.79 Å². The molecule has 1 aromatic carbocycles. The van der Waals surface area contributed by atoms with Crippen molar-refractivity contribution < 1.29 is 28.2 Å². The minimum absolute atomic E-state index is 0.226. The fourth-order valence-electron chi connectivity index (χ4n) is 3.36. The molecule has 164 valence electrons. The molecular weight excluding hydrogens is 398 g/mol. The normalized spacial score (nSPS) is 15.0. The van der Waals surface area contributed by atoms with Crippen molar-refractivity contribution in [3.63, 3.8) is 0 Å². The highest BCUT2D eigenvalue weighted by Crippen LogP contribution is 2.35. The minimum Gasteiger partial charge on any atom is -0.490 e. The van der Waals surface area contributed by atoms with Crippen molar-refractivity contribution in [3.8, 4) is 11.5 Å². The zero-order valence-electron chi connectivity index (χ0n) is 18.3. The maximum absolute atomic E-state index is 13.2. The molecule has 1 aliphatic rings. The molecule has 31 heavy (non-hydrogen) atoms. The number of carbonyl (C=O) groups excluding carboxylic acids is 2. The summed E-state index contributed by atoms with van der Waals surface area (Å²) in [6.45, 7) is 6.93. The van der Waals surface area contributed by atoms with Gasteiger partial charge in [0, 0.05) is 5.70 Å². The first kappa shape index (κ1) is 22.2. The van der Waals surface area contributed by atoms with Crippen LogP contribution in [0.3, 0.4) is 0 Å². The van der Waals surface area contributed by atoms with Crippen LogP contribution in [0.4, 0.5) is 0 Å². The molecule has 2 aromatic rings. The van der Waals surface area contributed by atoms with Gasteiger partial charge in [-0.05, 0) is 56.2 Å². The van der Waals surface area contributed by atoms with Crippen LogP contribution < -0.4 is 9.47 Å². The van der Waals surface area contributed by atoms with Gasteiger partial charge in [-0.3, -0.25) is 4.79 Å². The van der Waals surface area contributed by atoms with Crippen molar-refractivity contribution in [1.29, 1.82) is 0 Å². The van der Waals surface area contributed by atoms with Crippen molar-refractivity contribution in [2.75, 3.05) is 20.3 Å². The van der Waals surface area contributed by atoms with Crippen LogP contribution in [0, 0.1) is 0 Å². The van der Waals surface area contributed by atoms with Crippen LogP contribution >= 0.6 is 0 Å². The largest absolute Gasteiger partial charge is 0.490 e. The summed E-state index contributed by atoms with van der Waals surface area (Å²) in [7, 11) is 1.30. The van der Waals surface area contributed by atoms with Gasteiger partial charge in [-0.15, -0.1) is 0 Å². The molecule has 0 unspecified atom stereocenters. The number of nitrogens with zero attached hydrogens (tertiary/aromatic N) is 1. The standard InChI is InChI=1S/C24H27NO6/c1-5-11-31-20-10-9-17(14-21(20)29-6-2)13-19-22(24(27)28-4)16(3)25(23(19)26)15-18-8-7-12-30-18/h7-10,12-14H,5-6,11,15H2,1-4H3/b19-13-. The molecule has 0 saturated heterocycles. The Morgan fingerprint density at radius 1 is 1.16 bits per heavy atom. The highest BCUT2D eigenvalue weighted by atomic mass is 16.5. The lowest BCUT2D eigenvalue weighted by Gasteiger charge is -2.16. The number of methoxy groups -OCH3 is 1. The highest BCUT2D eigenvalue weighted by Gasteiger charge is 2.37. The smallest absolute Gasteiger partial charge is 0.340 e. The van der Waals surface area contributed by atoms with Crippen molar-refractivity contribution >= 4 is 18.0 Å². The number of carbonyl (C=O) groups is 2. The molecule has 0 spiro atoms. The molecule has 1 aromatic heterocycles. The Morgan fingerprint density at radius 3 is 2.61 bits per heavy atom. The fraction of sp³-hybridized carbons (Fsp3) is 0.333. The van der Waals surface area contributed by atoms with Crippen molar-refractivity contribution in [1.82, 2.24) is 4.90 Å². The van der Waals surface area contributed by atoms with Crippen LogP contribution in [0.25, 0.3) is 6.08 Å². The predicted molar refractivity (Wildman–Crippen MR) is 115 cm³/mol. The average molecular weight is 425 g/mol. The third-order valence-corrected chi connectivity index (χ3v) is 4.84. The molecule has 7 nitrogen and oxygen atoms in total. The van der Waals surface area contributed by atoms with Crippen molar-refractivity contribution in [3.05, 3.63) is 64.8 Å². The molecule has 0 atom stereocenters. The van der Waals surface area contributed by atoms with E-state index in [1.54, 1.807) is 37.5 Å². The molecule has 3 rings (SSSR count). The highest BCUT2D eigenvalue weighted by molar-refractivity contribution is 6.16. The SMILES string of the molecule is CCCOc1ccc(/C=C2\C(=O)N(Cc3ccco3)C(C)=C2C(=O)OC)cc1OCC. The minimum atomic E-state index is -0.563. The van der Waals surface area contributed by atoms with Crippen molar-refractivity contribution in [2.24, 2.45) is 0 Å². The number of allylic oxidation sites excluding steroid dienone is 1. The lowest BCUT2D eigenvalue weighted by Crippen LogP contribution is -2.24. The molecule has 0 bridgehead atoms. The van der Waals surface area contributed by atoms with Gasteiger partial charge in [-0.2, -0.15) is 0 Å². The van der Waals surface area contributed by atoms with E-state index < -0.39 is 5.97 Å². The van der Waals surface area contributed by atoms with Crippen LogP contribution in [0.5, 0.6) is 11.5 Å². The van der Waals surface area contributed by atoms with E-state index >= 15 is 0 Å². The summed E-state index contributed by atoms with van der Waals surface area (Å²) in [5.74, 6) is 0.992. The third kappa shape index (κ3) is 4.82. The Morgan fingerprint density at radius 2 is 1.97 bits per heavy atom. The van der Waals surface area contributed by atoms with Gasteiger partial charge < -0.3 is 23.5 Å². The second kappa shape index (κ2) is 10.0. The van der Waals surface area contributed by atoms with Crippen LogP contribution in [0.1, 0.15) is 38.5 Å². The van der Waals surface area contributed by atoms with Gasteiger partial charge >= 0.3 is 5.97 Å². The predicted octanol–water partition coefficient (Wildman–Crippen LogP) is 4.34. The van der Waals surface area contributed by atoms with Gasteiger partial charge in [0.05, 0.1) is 44.3 Å². The van der Waals surface area contributed by atoms with Gasteiger partial charge in [0.1, 0.15) is 5.76 Å². The molecule has 7 heteroatoms. The van der Waals surface area contributed by atoms with Gasteiger partial charge in [0.15, 0.2) is 11.5 Å². The van der Waals surface area contributed by atoms with E-state index in [0.29, 0.717) is 41.7 Å². The van der Waals surface area contributed by atoms with E-state index in [2.05, 4.69) is 0 Å². The Balaban J connectivity index is 1.99. The number of amides is 1. The average Bonchev–Trinajstić information content (AvgIpc) is 3.36. The molecule has 0 radical (unpaired) electrons. The van der Waals surface area contributed by atoms with E-state index in [0.717, 1.165) is 6.42 Å². The first-order valence-corrected chi connectivity index (χ1v) is 10.2. The number of furan rings is 1. The number of benzene rings is 1. The Hall–Kier alpha value is -3.48. The molecular formula is C24H27NO6. The van der Waals surface area contributed by atoms with E-state index in [1.807, 2.05) is 26.0 Å². The molecule has 0 saturated carbocycles. The van der Waals surface area contributed by atoms with Crippen LogP contribution in [0.15, 0.2) is 57.9 Å². The summed E-state index contributed by atoms with van der Waals surface area (Å²) < 4.78 is 21.8. The summed E-state index contributed by atoms with van der Waals surface area (Å²) >= 11 is 0. The lowest BCUT2D eigenvalue weighted by molar-refractivity contribution is -0.136. The first-order chi connectivity index (χ1) is 15.0. The van der Waals surface area contributed by atoms with E-state index in [4.69, 9.17) is 18.6 Å². The number of rotatable bonds is 9. The summed E-state index contributed by atoms with van der Waals surface area (Å²) in [6.07, 6.45) is 4.10. The van der Waals surface area contributed by atoms with E-state index in [9.17, 15) is 9.59 Å². The summed E-state index contributed by atoms with van der Waals surface area (Å²) in [5.41, 5.74) is 1.74. The van der Waals surface area contributed by atoms with Crippen LogP contribution in [-0.4, -0.2) is 37.1 Å². The van der Waals surface area contributed by atoms with Crippen LogP contribution in [-0.2, 0) is 20.9 Å². The Kier molecular flexibility index (Phi) is 7.18. The van der Waals surface area contributed by atoms with Crippen LogP contribution in [0.2, 0.25) is 0 Å². The zero-order valence-corrected chi connectivity index (χ0v) is 18.3. The second-order valence-corrected chi connectivity index (χ2v) is 6.97.